The lowest BCUT2D eigenvalue weighted by Crippen LogP contribution is -2.08. The van der Waals surface area contributed by atoms with Gasteiger partial charge in [0.05, 0.1) is 16.8 Å². The minimum Gasteiger partial charge on any atom is -0.489 e. The van der Waals surface area contributed by atoms with Crippen molar-refractivity contribution in [2.75, 3.05) is 0 Å². The van der Waals surface area contributed by atoms with E-state index in [4.69, 9.17) is 21.1 Å². The zero-order chi connectivity index (χ0) is 21.8. The topological polar surface area (TPSA) is 68.7 Å². The molecule has 0 radical (unpaired) electrons. The second-order valence-corrected chi connectivity index (χ2v) is 7.54. The first-order valence-electron chi connectivity index (χ1n) is 9.72. The number of carboxylic acid groups (broad SMARTS) is 1. The Morgan fingerprint density at radius 1 is 0.935 bits per heavy atom. The maximum Gasteiger partial charge on any atom is 0.336 e. The van der Waals surface area contributed by atoms with Crippen LogP contribution in [0.25, 0.3) is 10.9 Å². The summed E-state index contributed by atoms with van der Waals surface area (Å²) in [5, 5.41) is 11.1. The number of aromatic carboxylic acids is 1. The molecule has 0 aliphatic heterocycles. The monoisotopic (exact) mass is 433 g/mol. The third kappa shape index (κ3) is 4.95. The Hall–Kier alpha value is -3.57. The lowest BCUT2D eigenvalue weighted by Gasteiger charge is -2.12. The van der Waals surface area contributed by atoms with E-state index in [1.807, 2.05) is 48.5 Å². The quantitative estimate of drug-likeness (QED) is 0.384. The van der Waals surface area contributed by atoms with Gasteiger partial charge < -0.3 is 14.6 Å². The number of fused-ring (bicyclic) bond motifs is 1. The van der Waals surface area contributed by atoms with Crippen LogP contribution in [0.1, 0.15) is 27.2 Å². The van der Waals surface area contributed by atoms with Crippen LogP contribution in [0, 0.1) is 6.92 Å². The van der Waals surface area contributed by atoms with Crippen LogP contribution in [0.15, 0.2) is 72.8 Å². The van der Waals surface area contributed by atoms with Crippen LogP contribution in [-0.2, 0) is 13.2 Å². The van der Waals surface area contributed by atoms with Gasteiger partial charge in [-0.05, 0) is 42.8 Å². The highest BCUT2D eigenvalue weighted by molar-refractivity contribution is 6.31. The van der Waals surface area contributed by atoms with Crippen molar-refractivity contribution in [2.45, 2.75) is 20.1 Å². The maximum atomic E-state index is 11.5. The lowest BCUT2D eigenvalue weighted by molar-refractivity contribution is 0.0693. The molecule has 4 rings (SSSR count). The van der Waals surface area contributed by atoms with E-state index in [2.05, 4.69) is 4.98 Å². The number of hydrogen-bond acceptors (Lipinski definition) is 4. The van der Waals surface area contributed by atoms with Gasteiger partial charge in [-0.15, -0.1) is 0 Å². The summed E-state index contributed by atoms with van der Waals surface area (Å²) in [6.45, 7) is 2.23. The number of carbonyl (C=O) groups is 1. The third-order valence-electron chi connectivity index (χ3n) is 4.87. The molecule has 1 heterocycles. The number of ether oxygens (including phenoxy) is 2. The Kier molecular flexibility index (Phi) is 6.05. The Morgan fingerprint density at radius 2 is 1.65 bits per heavy atom. The van der Waals surface area contributed by atoms with Gasteiger partial charge >= 0.3 is 5.97 Å². The van der Waals surface area contributed by atoms with Crippen molar-refractivity contribution in [3.8, 4) is 11.5 Å². The molecule has 5 nitrogen and oxygen atoms in total. The second kappa shape index (κ2) is 9.06. The number of halogens is 1. The van der Waals surface area contributed by atoms with E-state index in [1.54, 1.807) is 31.2 Å². The Balaban J connectivity index is 1.43. The second-order valence-electron chi connectivity index (χ2n) is 7.11. The summed E-state index contributed by atoms with van der Waals surface area (Å²) in [4.78, 5) is 16.1. The van der Waals surface area contributed by atoms with Crippen LogP contribution in [0.2, 0.25) is 5.02 Å². The molecule has 4 aromatic rings. The molecule has 0 aliphatic rings. The van der Waals surface area contributed by atoms with Crippen LogP contribution in [0.3, 0.4) is 0 Å². The standard InChI is InChI=1S/C25H20ClNO4/c1-16-4-2-5-18(24(16)25(28)29)14-30-21-6-3-7-22(13-21)31-15-20-11-9-17-8-10-19(26)12-23(17)27-20/h2-13H,14-15H2,1H3,(H,28,29). The minimum absolute atomic E-state index is 0.153. The number of rotatable bonds is 7. The van der Waals surface area contributed by atoms with Crippen molar-refractivity contribution in [3.05, 3.63) is 100 Å². The van der Waals surface area contributed by atoms with E-state index in [1.165, 1.54) is 0 Å². The van der Waals surface area contributed by atoms with E-state index in [0.29, 0.717) is 34.3 Å². The average Bonchev–Trinajstić information content (AvgIpc) is 2.76. The Bertz CT molecular complexity index is 1260. The van der Waals surface area contributed by atoms with E-state index in [9.17, 15) is 9.90 Å². The fraction of sp³-hybridized carbons (Fsp3) is 0.120. The van der Waals surface area contributed by atoms with Crippen LogP contribution < -0.4 is 9.47 Å². The molecule has 31 heavy (non-hydrogen) atoms. The van der Waals surface area contributed by atoms with Gasteiger partial charge in [0.1, 0.15) is 24.7 Å². The molecule has 0 saturated heterocycles. The number of carboxylic acids is 1. The molecular formula is C25H20ClNO4. The Labute approximate surface area is 184 Å². The highest BCUT2D eigenvalue weighted by Crippen LogP contribution is 2.23. The highest BCUT2D eigenvalue weighted by Gasteiger charge is 2.13. The van der Waals surface area contributed by atoms with E-state index in [0.717, 1.165) is 16.6 Å². The first kappa shape index (κ1) is 20.7. The highest BCUT2D eigenvalue weighted by atomic mass is 35.5. The van der Waals surface area contributed by atoms with Gasteiger partial charge in [0.25, 0.3) is 0 Å². The van der Waals surface area contributed by atoms with Crippen LogP contribution in [-0.4, -0.2) is 16.1 Å². The number of aryl methyl sites for hydroxylation is 1. The molecule has 0 fully saturated rings. The van der Waals surface area contributed by atoms with Crippen molar-refractivity contribution in [3.63, 3.8) is 0 Å². The molecule has 0 spiro atoms. The lowest BCUT2D eigenvalue weighted by atomic mass is 10.0. The number of pyridine rings is 1. The maximum absolute atomic E-state index is 11.5. The molecule has 0 bridgehead atoms. The third-order valence-corrected chi connectivity index (χ3v) is 5.11. The van der Waals surface area contributed by atoms with E-state index >= 15 is 0 Å². The SMILES string of the molecule is Cc1cccc(COc2cccc(OCc3ccc4ccc(Cl)cc4n3)c2)c1C(=O)O. The molecular weight excluding hydrogens is 414 g/mol. The molecule has 1 N–H and O–H groups in total. The number of hydrogen-bond donors (Lipinski definition) is 1. The number of benzene rings is 3. The smallest absolute Gasteiger partial charge is 0.336 e. The largest absolute Gasteiger partial charge is 0.489 e. The molecule has 1 aromatic heterocycles. The van der Waals surface area contributed by atoms with Gasteiger partial charge in [0, 0.05) is 22.0 Å². The molecule has 0 saturated carbocycles. The minimum atomic E-state index is -0.960. The molecule has 0 amide bonds. The zero-order valence-corrected chi connectivity index (χ0v) is 17.6. The van der Waals surface area contributed by atoms with Crippen LogP contribution in [0.4, 0.5) is 0 Å². The van der Waals surface area contributed by atoms with Crippen molar-refractivity contribution < 1.29 is 19.4 Å². The van der Waals surface area contributed by atoms with E-state index < -0.39 is 5.97 Å². The molecule has 156 valence electrons. The van der Waals surface area contributed by atoms with Gasteiger partial charge in [-0.2, -0.15) is 0 Å². The zero-order valence-electron chi connectivity index (χ0n) is 16.8. The summed E-state index contributed by atoms with van der Waals surface area (Å²) >= 11 is 6.05. The van der Waals surface area contributed by atoms with Gasteiger partial charge in [-0.25, -0.2) is 9.78 Å². The average molecular weight is 434 g/mol. The van der Waals surface area contributed by atoms with Gasteiger partial charge in [0.2, 0.25) is 0 Å². The van der Waals surface area contributed by atoms with Crippen molar-refractivity contribution in [1.82, 2.24) is 4.98 Å². The van der Waals surface area contributed by atoms with Crippen molar-refractivity contribution >= 4 is 28.5 Å². The first-order chi connectivity index (χ1) is 15.0. The summed E-state index contributed by atoms with van der Waals surface area (Å²) in [5.74, 6) is 0.264. The summed E-state index contributed by atoms with van der Waals surface area (Å²) in [5.41, 5.74) is 3.20. The summed E-state index contributed by atoms with van der Waals surface area (Å²) in [6, 6.07) is 22.1. The predicted octanol–water partition coefficient (Wildman–Crippen LogP) is 6.05. The number of nitrogens with zero attached hydrogens (tertiary/aromatic N) is 1. The molecule has 0 unspecified atom stereocenters. The van der Waals surface area contributed by atoms with Gasteiger partial charge in [0.15, 0.2) is 0 Å². The molecule has 3 aromatic carbocycles. The summed E-state index contributed by atoms with van der Waals surface area (Å²) in [6.07, 6.45) is 0. The number of aromatic nitrogens is 1. The van der Waals surface area contributed by atoms with E-state index in [-0.39, 0.29) is 12.2 Å². The fourth-order valence-electron chi connectivity index (χ4n) is 3.34. The van der Waals surface area contributed by atoms with Gasteiger partial charge in [-0.3, -0.25) is 0 Å². The van der Waals surface area contributed by atoms with Crippen molar-refractivity contribution in [2.24, 2.45) is 0 Å². The summed E-state index contributed by atoms with van der Waals surface area (Å²) < 4.78 is 11.7. The van der Waals surface area contributed by atoms with Crippen LogP contribution >= 0.6 is 11.6 Å². The molecule has 0 aliphatic carbocycles. The molecule has 0 atom stereocenters. The fourth-order valence-corrected chi connectivity index (χ4v) is 3.51. The molecule has 6 heteroatoms. The summed E-state index contributed by atoms with van der Waals surface area (Å²) in [7, 11) is 0. The normalized spacial score (nSPS) is 10.8. The van der Waals surface area contributed by atoms with Crippen molar-refractivity contribution in [1.29, 1.82) is 0 Å². The van der Waals surface area contributed by atoms with Gasteiger partial charge in [-0.1, -0.05) is 48.0 Å². The Morgan fingerprint density at radius 3 is 2.42 bits per heavy atom. The predicted molar refractivity (Wildman–Crippen MR) is 120 cm³/mol. The van der Waals surface area contributed by atoms with Crippen LogP contribution in [0.5, 0.6) is 11.5 Å². The first-order valence-corrected chi connectivity index (χ1v) is 10.1.